The van der Waals surface area contributed by atoms with Crippen molar-refractivity contribution in [3.05, 3.63) is 60.6 Å². The molecule has 1 heterocycles. The Labute approximate surface area is 153 Å². The van der Waals surface area contributed by atoms with E-state index in [-0.39, 0.29) is 6.61 Å². The predicted octanol–water partition coefficient (Wildman–Crippen LogP) is 4.05. The number of hydrogen-bond donors (Lipinski definition) is 0. The molecule has 0 unspecified atom stereocenters. The van der Waals surface area contributed by atoms with E-state index in [0.717, 1.165) is 18.5 Å². The molecule has 0 aliphatic heterocycles. The topological polar surface area (TPSA) is 65.7 Å². The van der Waals surface area contributed by atoms with E-state index in [2.05, 4.69) is 23.6 Å². The second-order valence-electron chi connectivity index (χ2n) is 5.69. The first-order valence-corrected chi connectivity index (χ1v) is 8.84. The van der Waals surface area contributed by atoms with Crippen molar-refractivity contribution in [2.75, 3.05) is 13.2 Å². The molecule has 0 spiro atoms. The van der Waals surface area contributed by atoms with Gasteiger partial charge in [0.1, 0.15) is 6.61 Å². The summed E-state index contributed by atoms with van der Waals surface area (Å²) in [7, 11) is 0. The zero-order valence-electron chi connectivity index (χ0n) is 15.1. The van der Waals surface area contributed by atoms with E-state index in [1.54, 1.807) is 10.7 Å². The summed E-state index contributed by atoms with van der Waals surface area (Å²) in [6, 6.07) is 11.4. The fourth-order valence-corrected chi connectivity index (χ4v) is 2.30. The highest BCUT2D eigenvalue weighted by molar-refractivity contribution is 5.68. The number of nitrogens with zero attached hydrogens (tertiary/aromatic N) is 3. The lowest BCUT2D eigenvalue weighted by atomic mass is 10.2. The highest BCUT2D eigenvalue weighted by Gasteiger charge is 2.06. The summed E-state index contributed by atoms with van der Waals surface area (Å²) < 4.78 is 12.5. The average Bonchev–Trinajstić information content (AvgIpc) is 2.67. The Balaban J connectivity index is 2.23. The molecule has 1 aromatic carbocycles. The van der Waals surface area contributed by atoms with Crippen LogP contribution >= 0.6 is 0 Å². The van der Waals surface area contributed by atoms with Crippen molar-refractivity contribution >= 4 is 6.09 Å². The molecular weight excluding hydrogens is 330 g/mol. The predicted molar refractivity (Wildman–Crippen MR) is 100 cm³/mol. The molecule has 0 saturated heterocycles. The zero-order chi connectivity index (χ0) is 18.6. The highest BCUT2D eigenvalue weighted by atomic mass is 16.5. The molecule has 0 fully saturated rings. The van der Waals surface area contributed by atoms with Gasteiger partial charge < -0.3 is 9.47 Å². The van der Waals surface area contributed by atoms with Gasteiger partial charge in [-0.3, -0.25) is 0 Å². The van der Waals surface area contributed by atoms with Gasteiger partial charge in [0.05, 0.1) is 23.8 Å². The van der Waals surface area contributed by atoms with Crippen LogP contribution in [-0.4, -0.2) is 29.1 Å². The van der Waals surface area contributed by atoms with E-state index in [1.165, 1.54) is 25.1 Å². The van der Waals surface area contributed by atoms with Crippen LogP contribution < -0.4 is 10.1 Å². The molecule has 6 heteroatoms. The van der Waals surface area contributed by atoms with Crippen LogP contribution in [0.2, 0.25) is 0 Å². The molecule has 1 aromatic heterocycles. The molecule has 0 N–H and O–H groups in total. The monoisotopic (exact) mass is 355 g/mol. The summed E-state index contributed by atoms with van der Waals surface area (Å²) in [5.41, 5.74) is 0.872. The van der Waals surface area contributed by atoms with Gasteiger partial charge in [0.25, 0.3) is 0 Å². The van der Waals surface area contributed by atoms with Gasteiger partial charge in [-0.1, -0.05) is 57.0 Å². The van der Waals surface area contributed by atoms with Crippen LogP contribution in [0.25, 0.3) is 5.69 Å². The summed E-state index contributed by atoms with van der Waals surface area (Å²) in [5.74, 6) is 0.533. The van der Waals surface area contributed by atoms with Gasteiger partial charge in [-0.2, -0.15) is 10.1 Å². The van der Waals surface area contributed by atoms with Crippen LogP contribution in [-0.2, 0) is 4.74 Å². The minimum atomic E-state index is -0.682. The SMILES string of the molecule is C=CCOC(=O)N=c1cnn(-c2ccccc2)c(OCCCCCC)c1. The molecule has 0 atom stereocenters. The lowest BCUT2D eigenvalue weighted by Crippen LogP contribution is -2.16. The van der Waals surface area contributed by atoms with Crippen LogP contribution in [0, 0.1) is 0 Å². The first-order chi connectivity index (χ1) is 12.7. The Morgan fingerprint density at radius 3 is 2.81 bits per heavy atom. The van der Waals surface area contributed by atoms with Gasteiger partial charge in [0.15, 0.2) is 0 Å². The maximum atomic E-state index is 11.7. The van der Waals surface area contributed by atoms with Crippen molar-refractivity contribution in [2.24, 2.45) is 4.99 Å². The number of rotatable bonds is 9. The highest BCUT2D eigenvalue weighted by Crippen LogP contribution is 2.14. The zero-order valence-corrected chi connectivity index (χ0v) is 15.1. The van der Waals surface area contributed by atoms with Crippen molar-refractivity contribution in [3.8, 4) is 11.6 Å². The summed E-state index contributed by atoms with van der Waals surface area (Å²) in [5, 5.41) is 4.75. The van der Waals surface area contributed by atoms with Crippen molar-refractivity contribution in [1.82, 2.24) is 9.78 Å². The Morgan fingerprint density at radius 2 is 2.08 bits per heavy atom. The molecule has 26 heavy (non-hydrogen) atoms. The van der Waals surface area contributed by atoms with E-state index < -0.39 is 6.09 Å². The van der Waals surface area contributed by atoms with Crippen LogP contribution in [0.3, 0.4) is 0 Å². The number of carbonyl (C=O) groups excluding carboxylic acids is 1. The Morgan fingerprint density at radius 1 is 1.27 bits per heavy atom. The van der Waals surface area contributed by atoms with Crippen LogP contribution in [0.4, 0.5) is 4.79 Å². The van der Waals surface area contributed by atoms with Crippen LogP contribution in [0.1, 0.15) is 32.6 Å². The maximum Gasteiger partial charge on any atom is 0.434 e. The number of benzene rings is 1. The summed E-state index contributed by atoms with van der Waals surface area (Å²) >= 11 is 0. The largest absolute Gasteiger partial charge is 0.478 e. The molecule has 2 aromatic rings. The van der Waals surface area contributed by atoms with Gasteiger partial charge in [0, 0.05) is 6.07 Å². The number of para-hydroxylation sites is 1. The van der Waals surface area contributed by atoms with Gasteiger partial charge in [0.2, 0.25) is 5.88 Å². The Hall–Kier alpha value is -2.89. The van der Waals surface area contributed by atoms with Crippen molar-refractivity contribution in [2.45, 2.75) is 32.6 Å². The number of hydrogen-bond acceptors (Lipinski definition) is 4. The first kappa shape index (κ1) is 19.4. The van der Waals surface area contributed by atoms with Crippen LogP contribution in [0.15, 0.2) is 60.2 Å². The molecule has 6 nitrogen and oxygen atoms in total. The summed E-state index contributed by atoms with van der Waals surface area (Å²) in [4.78, 5) is 15.5. The van der Waals surface area contributed by atoms with Gasteiger partial charge in [-0.15, -0.1) is 0 Å². The quantitative estimate of drug-likeness (QED) is 0.503. The number of unbranched alkanes of at least 4 members (excludes halogenated alkanes) is 3. The second kappa shape index (κ2) is 10.9. The van der Waals surface area contributed by atoms with Gasteiger partial charge >= 0.3 is 6.09 Å². The minimum Gasteiger partial charge on any atom is -0.478 e. The van der Waals surface area contributed by atoms with Crippen molar-refractivity contribution < 1.29 is 14.3 Å². The molecule has 0 bridgehead atoms. The summed E-state index contributed by atoms with van der Waals surface area (Å²) in [6.45, 7) is 6.37. The molecule has 2 rings (SSSR count). The number of ether oxygens (including phenoxy) is 2. The number of carbonyl (C=O) groups is 1. The van der Waals surface area contributed by atoms with Crippen LogP contribution in [0.5, 0.6) is 5.88 Å². The Bertz CT molecular complexity index is 769. The van der Waals surface area contributed by atoms with E-state index in [1.807, 2.05) is 30.3 Å². The standard InChI is InChI=1S/C20H25N3O3/c1-3-5-6-10-14-25-19-15-17(22-20(24)26-13-4-2)16-21-23(19)18-11-8-7-9-12-18/h4,7-9,11-12,15-16H,2-3,5-6,10,13-14H2,1H3. The first-order valence-electron chi connectivity index (χ1n) is 8.84. The fourth-order valence-electron chi connectivity index (χ4n) is 2.30. The molecular formula is C20H25N3O3. The van der Waals surface area contributed by atoms with Crippen molar-refractivity contribution in [1.29, 1.82) is 0 Å². The minimum absolute atomic E-state index is 0.118. The average molecular weight is 355 g/mol. The number of amides is 1. The van der Waals surface area contributed by atoms with Gasteiger partial charge in [-0.25, -0.2) is 9.48 Å². The fraction of sp³-hybridized carbons (Fsp3) is 0.350. The molecule has 1 amide bonds. The number of aromatic nitrogens is 2. The second-order valence-corrected chi connectivity index (χ2v) is 5.69. The lowest BCUT2D eigenvalue weighted by Gasteiger charge is -2.13. The third kappa shape index (κ3) is 6.20. The lowest BCUT2D eigenvalue weighted by molar-refractivity contribution is 0.169. The van der Waals surface area contributed by atoms with Gasteiger partial charge in [-0.05, 0) is 18.6 Å². The summed E-state index contributed by atoms with van der Waals surface area (Å²) in [6.07, 6.45) is 6.76. The molecule has 0 aliphatic rings. The molecule has 0 saturated carbocycles. The molecule has 0 aliphatic carbocycles. The molecule has 0 radical (unpaired) electrons. The maximum absolute atomic E-state index is 11.7. The van der Waals surface area contributed by atoms with Crippen molar-refractivity contribution in [3.63, 3.8) is 0 Å². The van der Waals surface area contributed by atoms with E-state index in [9.17, 15) is 4.79 Å². The molecule has 138 valence electrons. The van der Waals surface area contributed by atoms with E-state index in [4.69, 9.17) is 9.47 Å². The smallest absolute Gasteiger partial charge is 0.434 e. The van der Waals surface area contributed by atoms with E-state index >= 15 is 0 Å². The third-order valence-corrected chi connectivity index (χ3v) is 3.58. The Kier molecular flexibility index (Phi) is 8.12. The third-order valence-electron chi connectivity index (χ3n) is 3.58. The normalized spacial score (nSPS) is 11.2. The van der Waals surface area contributed by atoms with E-state index in [0.29, 0.717) is 17.8 Å².